The Balaban J connectivity index is 2.21. The highest BCUT2D eigenvalue weighted by molar-refractivity contribution is 6.08. The standard InChI is InChI=1S/C20H23NO6/c1-23-15-7-6-12(10-16(15)24-2)21-9-8-14(22)18-13(21)11-17(25-3)19(26-4)20(18)27-5/h6-7,10-11H,8-9H2,1-5H3. The molecule has 1 heterocycles. The second-order valence-electron chi connectivity index (χ2n) is 5.90. The summed E-state index contributed by atoms with van der Waals surface area (Å²) >= 11 is 0. The largest absolute Gasteiger partial charge is 0.493 e. The Morgan fingerprint density at radius 2 is 1.44 bits per heavy atom. The molecule has 3 rings (SSSR count). The van der Waals surface area contributed by atoms with Crippen molar-refractivity contribution in [1.29, 1.82) is 0 Å². The van der Waals surface area contributed by atoms with Crippen molar-refractivity contribution in [3.63, 3.8) is 0 Å². The van der Waals surface area contributed by atoms with E-state index >= 15 is 0 Å². The SMILES string of the molecule is COc1ccc(N2CCC(=O)c3c2cc(OC)c(OC)c3OC)cc1OC. The average Bonchev–Trinajstić information content (AvgIpc) is 2.71. The third kappa shape index (κ3) is 3.09. The predicted molar refractivity (Wildman–Crippen MR) is 102 cm³/mol. The molecule has 27 heavy (non-hydrogen) atoms. The molecule has 0 amide bonds. The van der Waals surface area contributed by atoms with Crippen LogP contribution in [0, 0.1) is 0 Å². The second kappa shape index (κ2) is 7.65. The lowest BCUT2D eigenvalue weighted by atomic mass is 9.97. The molecule has 0 fully saturated rings. The van der Waals surface area contributed by atoms with Gasteiger partial charge in [-0.3, -0.25) is 4.79 Å². The van der Waals surface area contributed by atoms with Gasteiger partial charge >= 0.3 is 0 Å². The van der Waals surface area contributed by atoms with Crippen LogP contribution in [0.1, 0.15) is 16.8 Å². The zero-order chi connectivity index (χ0) is 19.6. The first-order valence-electron chi connectivity index (χ1n) is 8.45. The summed E-state index contributed by atoms with van der Waals surface area (Å²) in [5.41, 5.74) is 2.06. The molecular formula is C20H23NO6. The van der Waals surface area contributed by atoms with Crippen LogP contribution in [0.2, 0.25) is 0 Å². The number of carbonyl (C=O) groups excluding carboxylic acids is 1. The van der Waals surface area contributed by atoms with Gasteiger partial charge in [-0.2, -0.15) is 0 Å². The average molecular weight is 373 g/mol. The van der Waals surface area contributed by atoms with Gasteiger partial charge < -0.3 is 28.6 Å². The van der Waals surface area contributed by atoms with Crippen LogP contribution >= 0.6 is 0 Å². The molecule has 0 bridgehead atoms. The van der Waals surface area contributed by atoms with Gasteiger partial charge in [0.15, 0.2) is 28.8 Å². The van der Waals surface area contributed by atoms with Crippen molar-refractivity contribution in [2.24, 2.45) is 0 Å². The lowest BCUT2D eigenvalue weighted by Gasteiger charge is -2.32. The van der Waals surface area contributed by atoms with E-state index in [0.717, 1.165) is 5.69 Å². The zero-order valence-electron chi connectivity index (χ0n) is 16.1. The number of benzene rings is 2. The Hall–Kier alpha value is -3.09. The summed E-state index contributed by atoms with van der Waals surface area (Å²) in [5, 5.41) is 0. The molecule has 0 saturated heterocycles. The lowest BCUT2D eigenvalue weighted by molar-refractivity contribution is 0.0977. The van der Waals surface area contributed by atoms with Gasteiger partial charge in [0, 0.05) is 30.8 Å². The molecule has 2 aromatic carbocycles. The zero-order valence-corrected chi connectivity index (χ0v) is 16.1. The molecule has 1 aliphatic rings. The monoisotopic (exact) mass is 373 g/mol. The van der Waals surface area contributed by atoms with Crippen molar-refractivity contribution < 1.29 is 28.5 Å². The molecule has 7 heteroatoms. The minimum atomic E-state index is -0.000435. The van der Waals surface area contributed by atoms with Crippen molar-refractivity contribution in [1.82, 2.24) is 0 Å². The maximum Gasteiger partial charge on any atom is 0.204 e. The van der Waals surface area contributed by atoms with Crippen LogP contribution in [0.4, 0.5) is 11.4 Å². The first kappa shape index (κ1) is 18.7. The fourth-order valence-corrected chi connectivity index (χ4v) is 3.35. The summed E-state index contributed by atoms with van der Waals surface area (Å²) in [6, 6.07) is 7.43. The number of hydrogen-bond acceptors (Lipinski definition) is 7. The van der Waals surface area contributed by atoms with E-state index in [9.17, 15) is 4.79 Å². The highest BCUT2D eigenvalue weighted by Gasteiger charge is 2.32. The van der Waals surface area contributed by atoms with Gasteiger partial charge in [0.2, 0.25) is 5.75 Å². The Morgan fingerprint density at radius 1 is 0.778 bits per heavy atom. The molecule has 7 nitrogen and oxygen atoms in total. The Bertz CT molecular complexity index is 864. The van der Waals surface area contributed by atoms with Crippen LogP contribution in [-0.4, -0.2) is 47.9 Å². The number of ketones is 1. The summed E-state index contributed by atoms with van der Waals surface area (Å²) in [6.45, 7) is 0.528. The van der Waals surface area contributed by atoms with Crippen LogP contribution < -0.4 is 28.6 Å². The van der Waals surface area contributed by atoms with Crippen LogP contribution in [0.5, 0.6) is 28.7 Å². The highest BCUT2D eigenvalue weighted by atomic mass is 16.5. The fraction of sp³-hybridized carbons (Fsp3) is 0.350. The van der Waals surface area contributed by atoms with Gasteiger partial charge in [0.05, 0.1) is 46.8 Å². The summed E-state index contributed by atoms with van der Waals surface area (Å²) in [4.78, 5) is 14.7. The molecule has 144 valence electrons. The van der Waals surface area contributed by atoms with Crippen molar-refractivity contribution in [2.75, 3.05) is 47.0 Å². The summed E-state index contributed by atoms with van der Waals surface area (Å²) in [6.07, 6.45) is 0.354. The maximum absolute atomic E-state index is 12.7. The molecule has 0 atom stereocenters. The molecule has 2 aromatic rings. The third-order valence-electron chi connectivity index (χ3n) is 4.62. The van der Waals surface area contributed by atoms with Crippen molar-refractivity contribution >= 4 is 17.2 Å². The number of ether oxygens (including phenoxy) is 5. The first-order valence-corrected chi connectivity index (χ1v) is 8.45. The quantitative estimate of drug-likeness (QED) is 0.768. The van der Waals surface area contributed by atoms with E-state index in [4.69, 9.17) is 23.7 Å². The number of fused-ring (bicyclic) bond motifs is 1. The normalized spacial score (nSPS) is 13.1. The van der Waals surface area contributed by atoms with E-state index in [1.165, 1.54) is 14.2 Å². The molecule has 0 aromatic heterocycles. The van der Waals surface area contributed by atoms with Gasteiger partial charge in [-0.1, -0.05) is 0 Å². The number of Topliss-reactive ketones (excluding diaryl/α,β-unsaturated/α-hetero) is 1. The minimum Gasteiger partial charge on any atom is -0.493 e. The molecule has 0 spiro atoms. The number of carbonyl (C=O) groups is 1. The predicted octanol–water partition coefficient (Wildman–Crippen LogP) is 3.45. The number of methoxy groups -OCH3 is 5. The lowest BCUT2D eigenvalue weighted by Crippen LogP contribution is -2.28. The molecule has 1 aliphatic heterocycles. The summed E-state index contributed by atoms with van der Waals surface area (Å²) in [5.74, 6) is 2.52. The van der Waals surface area contributed by atoms with Crippen LogP contribution in [-0.2, 0) is 0 Å². The molecule has 0 N–H and O–H groups in total. The van der Waals surface area contributed by atoms with Gasteiger partial charge in [-0.05, 0) is 12.1 Å². The van der Waals surface area contributed by atoms with Crippen LogP contribution in [0.15, 0.2) is 24.3 Å². The molecule has 0 unspecified atom stereocenters. The van der Waals surface area contributed by atoms with E-state index < -0.39 is 0 Å². The van der Waals surface area contributed by atoms with Gasteiger partial charge in [-0.25, -0.2) is 0 Å². The second-order valence-corrected chi connectivity index (χ2v) is 5.90. The van der Waals surface area contributed by atoms with E-state index in [1.807, 2.05) is 23.1 Å². The Morgan fingerprint density at radius 3 is 2.04 bits per heavy atom. The highest BCUT2D eigenvalue weighted by Crippen LogP contribution is 2.49. The van der Waals surface area contributed by atoms with Crippen LogP contribution in [0.25, 0.3) is 0 Å². The molecule has 0 saturated carbocycles. The van der Waals surface area contributed by atoms with Crippen LogP contribution in [0.3, 0.4) is 0 Å². The van der Waals surface area contributed by atoms with Crippen molar-refractivity contribution in [3.8, 4) is 28.7 Å². The van der Waals surface area contributed by atoms with Gasteiger partial charge in [-0.15, -0.1) is 0 Å². The van der Waals surface area contributed by atoms with E-state index in [2.05, 4.69) is 0 Å². The fourth-order valence-electron chi connectivity index (χ4n) is 3.35. The Labute approximate surface area is 158 Å². The maximum atomic E-state index is 12.7. The number of rotatable bonds is 6. The van der Waals surface area contributed by atoms with Crippen molar-refractivity contribution in [3.05, 3.63) is 29.8 Å². The molecular weight excluding hydrogens is 350 g/mol. The number of hydrogen-bond donors (Lipinski definition) is 0. The minimum absolute atomic E-state index is 0.000435. The summed E-state index contributed by atoms with van der Waals surface area (Å²) in [7, 11) is 7.77. The van der Waals surface area contributed by atoms with Gasteiger partial charge in [0.1, 0.15) is 0 Å². The van der Waals surface area contributed by atoms with Gasteiger partial charge in [0.25, 0.3) is 0 Å². The topological polar surface area (TPSA) is 66.5 Å². The summed E-state index contributed by atoms with van der Waals surface area (Å²) < 4.78 is 27.1. The molecule has 0 aliphatic carbocycles. The third-order valence-corrected chi connectivity index (χ3v) is 4.62. The van der Waals surface area contributed by atoms with E-state index in [-0.39, 0.29) is 5.78 Å². The Kier molecular flexibility index (Phi) is 5.30. The van der Waals surface area contributed by atoms with Crippen molar-refractivity contribution in [2.45, 2.75) is 6.42 Å². The number of nitrogens with zero attached hydrogens (tertiary/aromatic N) is 1. The molecule has 0 radical (unpaired) electrons. The number of anilines is 2. The smallest absolute Gasteiger partial charge is 0.204 e. The first-order chi connectivity index (χ1) is 13.1. The van der Waals surface area contributed by atoms with E-state index in [0.29, 0.717) is 53.0 Å². The van der Waals surface area contributed by atoms with E-state index in [1.54, 1.807) is 27.4 Å².